The Hall–Kier alpha value is -4.21. The van der Waals surface area contributed by atoms with E-state index in [1.54, 1.807) is 11.6 Å². The molecule has 4 heterocycles. The summed E-state index contributed by atoms with van der Waals surface area (Å²) in [6.45, 7) is 2.40. The number of nitro groups is 1. The van der Waals surface area contributed by atoms with Crippen LogP contribution in [0, 0.1) is 16.0 Å². The van der Waals surface area contributed by atoms with Crippen molar-refractivity contribution in [3.63, 3.8) is 0 Å². The molecule has 0 radical (unpaired) electrons. The molecule has 1 aromatic carbocycles. The van der Waals surface area contributed by atoms with Gasteiger partial charge in [-0.2, -0.15) is 18.3 Å². The number of nitrogens with zero attached hydrogens (tertiary/aromatic N) is 7. The number of carbonyl (C=O) groups is 2. The van der Waals surface area contributed by atoms with Crippen molar-refractivity contribution in [3.8, 4) is 0 Å². The Morgan fingerprint density at radius 1 is 1.07 bits per heavy atom. The predicted octanol–water partition coefficient (Wildman–Crippen LogP) is 3.77. The Morgan fingerprint density at radius 2 is 1.76 bits per heavy atom. The minimum atomic E-state index is -4.88. The molecule has 2 aromatic heterocycles. The Morgan fingerprint density at radius 3 is 2.37 bits per heavy atom. The van der Waals surface area contributed by atoms with Gasteiger partial charge in [0.25, 0.3) is 0 Å². The van der Waals surface area contributed by atoms with E-state index in [0.29, 0.717) is 30.3 Å². The molecule has 1 unspecified atom stereocenters. The van der Waals surface area contributed by atoms with Crippen molar-refractivity contribution in [2.24, 2.45) is 13.0 Å². The number of imidazole rings is 1. The van der Waals surface area contributed by atoms with Gasteiger partial charge in [0, 0.05) is 39.1 Å². The van der Waals surface area contributed by atoms with E-state index in [2.05, 4.69) is 27.3 Å². The monoisotopic (exact) mass is 646 g/mol. The van der Waals surface area contributed by atoms with Crippen molar-refractivity contribution < 1.29 is 27.7 Å². The summed E-state index contributed by atoms with van der Waals surface area (Å²) < 4.78 is 44.0. The highest BCUT2D eigenvalue weighted by molar-refractivity contribution is 6.00. The Bertz CT molecular complexity index is 1710. The number of aromatic nitrogens is 4. The van der Waals surface area contributed by atoms with Crippen LogP contribution in [-0.4, -0.2) is 73.3 Å². The van der Waals surface area contributed by atoms with E-state index in [1.807, 2.05) is 18.2 Å². The molecule has 3 fully saturated rings. The number of hydrogen-bond acceptors (Lipinski definition) is 8. The fourth-order valence-corrected chi connectivity index (χ4v) is 7.50. The molecule has 16 heteroatoms. The van der Waals surface area contributed by atoms with Gasteiger partial charge in [-0.25, -0.2) is 4.79 Å². The van der Waals surface area contributed by atoms with Gasteiger partial charge >= 0.3 is 17.6 Å². The first-order chi connectivity index (χ1) is 21.8. The molecule has 6 rings (SSSR count). The van der Waals surface area contributed by atoms with Crippen LogP contribution in [0.5, 0.6) is 0 Å². The number of amides is 2. The van der Waals surface area contributed by atoms with E-state index in [1.165, 1.54) is 4.57 Å². The fraction of sp³-hybridized carbons (Fsp3) is 0.600. The number of piperidine rings is 2. The summed E-state index contributed by atoms with van der Waals surface area (Å²) in [5.74, 6) is -0.432. The highest BCUT2D eigenvalue weighted by Crippen LogP contribution is 2.39. The normalized spacial score (nSPS) is 23.3. The van der Waals surface area contributed by atoms with Crippen molar-refractivity contribution in [2.75, 3.05) is 31.6 Å². The third kappa shape index (κ3) is 5.89. The number of halogens is 3. The lowest BCUT2D eigenvalue weighted by atomic mass is 9.85. The summed E-state index contributed by atoms with van der Waals surface area (Å²) in [5, 5.41) is 17.1. The van der Waals surface area contributed by atoms with Crippen LogP contribution in [0.4, 0.5) is 24.5 Å². The molecular weight excluding hydrogens is 609 g/mol. The van der Waals surface area contributed by atoms with Crippen molar-refractivity contribution in [2.45, 2.75) is 75.7 Å². The zero-order chi connectivity index (χ0) is 32.9. The second kappa shape index (κ2) is 12.2. The molecule has 1 saturated carbocycles. The maximum absolute atomic E-state index is 13.3. The number of alkyl halides is 3. The summed E-state index contributed by atoms with van der Waals surface area (Å²) in [6.07, 6.45) is 1.09. The van der Waals surface area contributed by atoms with Crippen LogP contribution in [0.15, 0.2) is 29.2 Å². The lowest BCUT2D eigenvalue weighted by Gasteiger charge is -2.40. The average molecular weight is 647 g/mol. The maximum Gasteiger partial charge on any atom is 0.442 e. The molecule has 2 amide bonds. The fourth-order valence-electron chi connectivity index (χ4n) is 7.50. The minimum absolute atomic E-state index is 0.180. The van der Waals surface area contributed by atoms with Gasteiger partial charge in [0.15, 0.2) is 0 Å². The van der Waals surface area contributed by atoms with Gasteiger partial charge in [-0.3, -0.25) is 38.8 Å². The van der Waals surface area contributed by atoms with Crippen molar-refractivity contribution >= 4 is 34.2 Å². The maximum atomic E-state index is 13.3. The number of para-hydroxylation sites is 1. The van der Waals surface area contributed by atoms with Crippen molar-refractivity contribution in [1.29, 1.82) is 0 Å². The smallest absolute Gasteiger partial charge is 0.370 e. The van der Waals surface area contributed by atoms with E-state index in [9.17, 15) is 37.7 Å². The summed E-state index contributed by atoms with van der Waals surface area (Å²) in [5.41, 5.74) is -0.413. The second-order valence-electron chi connectivity index (χ2n) is 12.8. The number of benzene rings is 1. The van der Waals surface area contributed by atoms with Crippen LogP contribution in [-0.2, 0) is 22.8 Å². The van der Waals surface area contributed by atoms with Gasteiger partial charge in [0.05, 0.1) is 27.7 Å². The standard InChI is InChI=1S/C30H37F3N8O5/c1-36(16-18-6-8-20(9-7-18)39-17-24(41(45)46)27(35-39)30(31,32)33)19-12-14-38(15-13-19)21-4-3-5-22-26(21)37(2)29(44)40(22)23-10-11-25(42)34-28(23)43/h3-5,17-20,23H,6-16H2,1-2H3,(H,34,42,43). The first-order valence-electron chi connectivity index (χ1n) is 15.6. The third-order valence-corrected chi connectivity index (χ3v) is 9.95. The number of anilines is 1. The molecule has 1 atom stereocenters. The van der Waals surface area contributed by atoms with Gasteiger partial charge < -0.3 is 9.80 Å². The second-order valence-corrected chi connectivity index (χ2v) is 12.8. The first kappa shape index (κ1) is 31.8. The van der Waals surface area contributed by atoms with Crippen LogP contribution >= 0.6 is 0 Å². The topological polar surface area (TPSA) is 141 Å². The van der Waals surface area contributed by atoms with Gasteiger partial charge in [-0.05, 0) is 70.0 Å². The van der Waals surface area contributed by atoms with E-state index in [4.69, 9.17) is 0 Å². The summed E-state index contributed by atoms with van der Waals surface area (Å²) in [6, 6.07) is 5.01. The third-order valence-electron chi connectivity index (χ3n) is 9.95. The number of fused-ring (bicyclic) bond motifs is 1. The Labute approximate surface area is 262 Å². The number of carbonyl (C=O) groups excluding carboxylic acids is 2. The number of nitrogens with one attached hydrogen (secondary N) is 1. The lowest BCUT2D eigenvalue weighted by Crippen LogP contribution is -2.45. The highest BCUT2D eigenvalue weighted by Gasteiger charge is 2.43. The molecule has 248 valence electrons. The summed E-state index contributed by atoms with van der Waals surface area (Å²) >= 11 is 0. The quantitative estimate of drug-likeness (QED) is 0.233. The van der Waals surface area contributed by atoms with Crippen LogP contribution in [0.3, 0.4) is 0 Å². The molecule has 13 nitrogen and oxygen atoms in total. The summed E-state index contributed by atoms with van der Waals surface area (Å²) in [4.78, 5) is 52.4. The molecule has 3 aromatic rings. The van der Waals surface area contributed by atoms with Crippen LogP contribution < -0.4 is 15.9 Å². The Balaban J connectivity index is 1.07. The zero-order valence-corrected chi connectivity index (χ0v) is 25.7. The molecular formula is C30H37F3N8O5. The number of imide groups is 1. The van der Waals surface area contributed by atoms with Gasteiger partial charge in [0.2, 0.25) is 17.5 Å². The highest BCUT2D eigenvalue weighted by atomic mass is 19.4. The predicted molar refractivity (Wildman–Crippen MR) is 161 cm³/mol. The lowest BCUT2D eigenvalue weighted by molar-refractivity contribution is -0.388. The molecule has 3 aliphatic rings. The van der Waals surface area contributed by atoms with Gasteiger partial charge in [0.1, 0.15) is 12.2 Å². The largest absolute Gasteiger partial charge is 0.442 e. The van der Waals surface area contributed by atoms with E-state index in [-0.39, 0.29) is 30.5 Å². The number of hydrogen-bond donors (Lipinski definition) is 1. The minimum Gasteiger partial charge on any atom is -0.370 e. The van der Waals surface area contributed by atoms with Crippen molar-refractivity contribution in [3.05, 3.63) is 50.7 Å². The SMILES string of the molecule is CN(CC1CCC(n2cc([N+](=O)[O-])c(C(F)(F)F)n2)CC1)C1CCN(c2cccc3c2n(C)c(=O)n3C2CCC(=O)NC2=O)CC1. The zero-order valence-electron chi connectivity index (χ0n) is 25.7. The van der Waals surface area contributed by atoms with Gasteiger partial charge in [-0.1, -0.05) is 6.07 Å². The van der Waals surface area contributed by atoms with Gasteiger partial charge in [-0.15, -0.1) is 0 Å². The van der Waals surface area contributed by atoms with Crippen LogP contribution in [0.25, 0.3) is 11.0 Å². The van der Waals surface area contributed by atoms with Crippen LogP contribution in [0.1, 0.15) is 69.1 Å². The van der Waals surface area contributed by atoms with E-state index in [0.717, 1.165) is 67.4 Å². The molecule has 46 heavy (non-hydrogen) atoms. The Kier molecular flexibility index (Phi) is 8.42. The van der Waals surface area contributed by atoms with Crippen LogP contribution in [0.2, 0.25) is 0 Å². The molecule has 0 bridgehead atoms. The molecule has 1 aliphatic carbocycles. The van der Waals surface area contributed by atoms with E-state index < -0.39 is 34.4 Å². The molecule has 1 N–H and O–H groups in total. The molecule has 2 saturated heterocycles. The van der Waals surface area contributed by atoms with Crippen molar-refractivity contribution in [1.82, 2.24) is 29.1 Å². The molecule has 0 spiro atoms. The number of rotatable bonds is 7. The average Bonchev–Trinajstić information content (AvgIpc) is 3.58. The summed E-state index contributed by atoms with van der Waals surface area (Å²) in [7, 11) is 3.80. The molecule has 2 aliphatic heterocycles. The number of aryl methyl sites for hydroxylation is 1. The van der Waals surface area contributed by atoms with E-state index >= 15 is 0 Å². The first-order valence-corrected chi connectivity index (χ1v) is 15.6.